The molecule has 0 aromatic heterocycles. The van der Waals surface area contributed by atoms with Crippen molar-refractivity contribution in [2.75, 3.05) is 39.3 Å². The molecule has 2 heterocycles. The fourth-order valence-electron chi connectivity index (χ4n) is 4.88. The molecule has 1 atom stereocenters. The number of rotatable bonds is 10. The second-order valence-corrected chi connectivity index (χ2v) is 13.1. The molecule has 0 spiro atoms. The average Bonchev–Trinajstić information content (AvgIpc) is 3.08. The zero-order valence-electron chi connectivity index (χ0n) is 24.8. The summed E-state index contributed by atoms with van der Waals surface area (Å²) in [4.78, 5) is 32.0. The summed E-state index contributed by atoms with van der Waals surface area (Å²) in [6.45, 7) is 9.87. The second-order valence-electron chi connectivity index (χ2n) is 11.6. The Labute approximate surface area is 250 Å². The van der Waals surface area contributed by atoms with Gasteiger partial charge in [0.05, 0.1) is 17.2 Å². The molecule has 4 N–H and O–H groups in total. The molecule has 2 aromatic carbocycles. The van der Waals surface area contributed by atoms with Crippen LogP contribution in [0.25, 0.3) is 17.2 Å². The molecule has 226 valence electrons. The number of ether oxygens (including phenoxy) is 1. The summed E-state index contributed by atoms with van der Waals surface area (Å²) >= 11 is 0. The van der Waals surface area contributed by atoms with Gasteiger partial charge in [-0.15, -0.1) is 0 Å². The Bertz CT molecular complexity index is 1390. The molecular formula is C31H41N5O5S. The number of carbonyl (C=O) groups excluding carboxylic acids is 2. The number of aliphatic imine (C=N–C) groups is 1. The lowest BCUT2D eigenvalue weighted by Crippen LogP contribution is -2.52. The number of alkyl carbamates (subject to hydrolysis) is 1. The molecule has 0 bridgehead atoms. The Hall–Kier alpha value is -3.54. The molecule has 2 aliphatic heterocycles. The number of aliphatic hydroxyl groups excluding tert-OH is 1. The zero-order chi connectivity index (χ0) is 30.4. The van der Waals surface area contributed by atoms with E-state index in [9.17, 15) is 18.9 Å². The highest BCUT2D eigenvalue weighted by Gasteiger charge is 2.32. The van der Waals surface area contributed by atoms with Gasteiger partial charge in [-0.2, -0.15) is 0 Å². The summed E-state index contributed by atoms with van der Waals surface area (Å²) in [5, 5.41) is 12.2. The molecule has 0 aliphatic carbocycles. The van der Waals surface area contributed by atoms with Gasteiger partial charge in [0.1, 0.15) is 22.4 Å². The van der Waals surface area contributed by atoms with Crippen molar-refractivity contribution in [2.45, 2.75) is 51.0 Å². The molecule has 0 radical (unpaired) electrons. The summed E-state index contributed by atoms with van der Waals surface area (Å²) in [7, 11) is -1.33. The first-order valence-corrected chi connectivity index (χ1v) is 15.4. The second kappa shape index (κ2) is 13.6. The van der Waals surface area contributed by atoms with Gasteiger partial charge in [-0.3, -0.25) is 4.79 Å². The van der Waals surface area contributed by atoms with Crippen LogP contribution in [0.2, 0.25) is 0 Å². The van der Waals surface area contributed by atoms with Gasteiger partial charge in [-0.25, -0.2) is 18.3 Å². The maximum absolute atomic E-state index is 13.3. The number of nitrogens with zero attached hydrogens (tertiary/aromatic N) is 3. The topological polar surface area (TPSA) is 138 Å². The fraction of sp³-hybridized carbons (Fsp3) is 0.452. The maximum atomic E-state index is 13.3. The lowest BCUT2D eigenvalue weighted by atomic mass is 10.0. The monoisotopic (exact) mass is 595 g/mol. The van der Waals surface area contributed by atoms with Crippen molar-refractivity contribution in [2.24, 2.45) is 16.6 Å². The summed E-state index contributed by atoms with van der Waals surface area (Å²) < 4.78 is 20.4. The van der Waals surface area contributed by atoms with E-state index in [0.29, 0.717) is 48.2 Å². The number of carbonyl (C=O) groups is 2. The number of nitrogens with one attached hydrogen (secondary N) is 1. The van der Waals surface area contributed by atoms with Gasteiger partial charge in [0.2, 0.25) is 5.91 Å². The summed E-state index contributed by atoms with van der Waals surface area (Å²) in [5.41, 5.74) is 9.44. The summed E-state index contributed by atoms with van der Waals surface area (Å²) in [6, 6.07) is 13.4. The minimum Gasteiger partial charge on any atom is -0.444 e. The first kappa shape index (κ1) is 31.4. The lowest BCUT2D eigenvalue weighted by Gasteiger charge is -2.37. The first-order chi connectivity index (χ1) is 20.0. The number of hydrogen-bond donors (Lipinski definition) is 3. The summed E-state index contributed by atoms with van der Waals surface area (Å²) in [6.07, 6.45) is 2.40. The Morgan fingerprint density at radius 3 is 2.60 bits per heavy atom. The number of aliphatic hydroxyl groups is 1. The largest absolute Gasteiger partial charge is 0.444 e. The van der Waals surface area contributed by atoms with Crippen molar-refractivity contribution < 1.29 is 23.6 Å². The van der Waals surface area contributed by atoms with E-state index < -0.39 is 22.7 Å². The third-order valence-corrected chi connectivity index (χ3v) is 8.31. The number of hydrogen-bond acceptors (Lipinski definition) is 7. The Kier molecular flexibility index (Phi) is 10.2. The van der Waals surface area contributed by atoms with Crippen LogP contribution in [0.4, 0.5) is 10.5 Å². The Balaban J connectivity index is 1.44. The normalized spacial score (nSPS) is 16.3. The summed E-state index contributed by atoms with van der Waals surface area (Å²) in [5.74, 6) is 0.402. The van der Waals surface area contributed by atoms with Gasteiger partial charge >= 0.3 is 6.09 Å². The molecule has 2 aliphatic rings. The van der Waals surface area contributed by atoms with Crippen LogP contribution in [0, 0.1) is 5.92 Å². The third kappa shape index (κ3) is 8.05. The zero-order valence-corrected chi connectivity index (χ0v) is 25.6. The minimum absolute atomic E-state index is 0.101. The van der Waals surface area contributed by atoms with Crippen LogP contribution in [-0.2, 0) is 20.5 Å². The number of amides is 2. The van der Waals surface area contributed by atoms with Gasteiger partial charge < -0.3 is 25.8 Å². The van der Waals surface area contributed by atoms with Crippen molar-refractivity contribution in [3.63, 3.8) is 0 Å². The number of amidine groups is 1. The van der Waals surface area contributed by atoms with E-state index >= 15 is 0 Å². The maximum Gasteiger partial charge on any atom is 0.407 e. The van der Waals surface area contributed by atoms with Gasteiger partial charge in [0, 0.05) is 56.2 Å². The van der Waals surface area contributed by atoms with Crippen molar-refractivity contribution in [3.8, 4) is 11.1 Å². The van der Waals surface area contributed by atoms with E-state index in [1.165, 1.54) is 0 Å². The van der Waals surface area contributed by atoms with Crippen LogP contribution >= 0.6 is 0 Å². The van der Waals surface area contributed by atoms with Gasteiger partial charge in [-0.1, -0.05) is 31.2 Å². The Morgan fingerprint density at radius 1 is 1.17 bits per heavy atom. The molecule has 10 nitrogen and oxygen atoms in total. The molecule has 11 heteroatoms. The number of benzene rings is 2. The van der Waals surface area contributed by atoms with E-state index in [-0.39, 0.29) is 31.4 Å². The SMILES string of the molecule is CCCN(CCO)C(=O)C1=Cc2ccc(-c3cccc(S(=O)N4CC(CNC(=O)OC(C)(C)C)C4)c3)cc2N=C(N)C1. The molecule has 1 fully saturated rings. The van der Waals surface area contributed by atoms with Crippen LogP contribution in [0.3, 0.4) is 0 Å². The van der Waals surface area contributed by atoms with Crippen LogP contribution in [-0.4, -0.2) is 81.3 Å². The van der Waals surface area contributed by atoms with E-state index in [1.807, 2.05) is 80.5 Å². The highest BCUT2D eigenvalue weighted by atomic mass is 32.2. The molecule has 1 saturated heterocycles. The molecule has 1 unspecified atom stereocenters. The van der Waals surface area contributed by atoms with Crippen molar-refractivity contribution in [1.29, 1.82) is 0 Å². The first-order valence-electron chi connectivity index (χ1n) is 14.3. The number of nitrogens with two attached hydrogens (primary N) is 1. The van der Waals surface area contributed by atoms with Crippen LogP contribution < -0.4 is 11.1 Å². The third-order valence-electron chi connectivity index (χ3n) is 6.88. The smallest absolute Gasteiger partial charge is 0.407 e. The van der Waals surface area contributed by atoms with Crippen molar-refractivity contribution in [3.05, 3.63) is 53.6 Å². The standard InChI is InChI=1S/C31H41N5O5S/c1-5-11-35(12-13-37)29(38)25-14-24-10-9-23(16-27(24)34-28(32)17-25)22-7-6-8-26(15-22)42(40)36-19-21(20-36)18-33-30(39)41-31(2,3)4/h6-10,14-16,21,37H,5,11-13,17-20H2,1-4H3,(H2,32,34)(H,33,39). The van der Waals surface area contributed by atoms with Crippen molar-refractivity contribution in [1.82, 2.24) is 14.5 Å². The van der Waals surface area contributed by atoms with Gasteiger partial charge in [-0.05, 0) is 62.6 Å². The molecule has 0 saturated carbocycles. The van der Waals surface area contributed by atoms with Crippen LogP contribution in [0.5, 0.6) is 0 Å². The minimum atomic E-state index is -1.33. The van der Waals surface area contributed by atoms with E-state index in [1.54, 1.807) is 4.90 Å². The molecule has 2 aromatic rings. The predicted octanol–water partition coefficient (Wildman–Crippen LogP) is 3.84. The molecule has 4 rings (SSSR count). The highest BCUT2D eigenvalue weighted by Crippen LogP contribution is 2.33. The van der Waals surface area contributed by atoms with Gasteiger partial charge in [0.25, 0.3) is 0 Å². The Morgan fingerprint density at radius 2 is 1.90 bits per heavy atom. The fourth-order valence-corrected chi connectivity index (χ4v) is 6.29. The van der Waals surface area contributed by atoms with Crippen molar-refractivity contribution >= 4 is 40.6 Å². The number of fused-ring (bicyclic) bond motifs is 1. The van der Waals surface area contributed by atoms with Crippen LogP contribution in [0.1, 0.15) is 46.1 Å². The average molecular weight is 596 g/mol. The quantitative estimate of drug-likeness (QED) is 0.382. The van der Waals surface area contributed by atoms with Crippen LogP contribution in [0.15, 0.2) is 57.9 Å². The molecule has 2 amide bonds. The van der Waals surface area contributed by atoms with E-state index in [2.05, 4.69) is 10.3 Å². The predicted molar refractivity (Wildman–Crippen MR) is 165 cm³/mol. The van der Waals surface area contributed by atoms with Gasteiger partial charge in [0.15, 0.2) is 0 Å². The lowest BCUT2D eigenvalue weighted by molar-refractivity contribution is -0.127. The molecule has 42 heavy (non-hydrogen) atoms. The van der Waals surface area contributed by atoms with E-state index in [0.717, 1.165) is 23.1 Å². The highest BCUT2D eigenvalue weighted by molar-refractivity contribution is 7.82. The van der Waals surface area contributed by atoms with E-state index in [4.69, 9.17) is 10.5 Å². The molecular weight excluding hydrogens is 554 g/mol.